The number of benzene rings is 2. The van der Waals surface area contributed by atoms with Crippen molar-refractivity contribution < 1.29 is 0 Å². The molecule has 0 saturated carbocycles. The molecule has 105 valence electrons. The van der Waals surface area contributed by atoms with Gasteiger partial charge in [-0.15, -0.1) is 0 Å². The van der Waals surface area contributed by atoms with E-state index < -0.39 is 0 Å². The third kappa shape index (κ3) is 4.85. The average molecular weight is 265 g/mol. The second-order valence-corrected chi connectivity index (χ2v) is 5.76. The van der Waals surface area contributed by atoms with E-state index in [-0.39, 0.29) is 0 Å². The first-order chi connectivity index (χ1) is 9.75. The minimum Gasteiger partial charge on any atom is -0.0622 e. The second-order valence-electron chi connectivity index (χ2n) is 5.76. The molecule has 0 N–H and O–H groups in total. The van der Waals surface area contributed by atoms with E-state index in [9.17, 15) is 0 Å². The molecule has 0 aliphatic carbocycles. The van der Waals surface area contributed by atoms with Crippen LogP contribution in [0.5, 0.6) is 0 Å². The molecule has 0 spiro atoms. The van der Waals surface area contributed by atoms with Crippen LogP contribution in [0.1, 0.15) is 37.8 Å². The van der Waals surface area contributed by atoms with Crippen molar-refractivity contribution in [1.29, 1.82) is 0 Å². The van der Waals surface area contributed by atoms with Crippen LogP contribution in [0.2, 0.25) is 0 Å². The van der Waals surface area contributed by atoms with Crippen molar-refractivity contribution in [2.45, 2.75) is 39.5 Å². The first-order valence-corrected chi connectivity index (χ1v) is 7.66. The Morgan fingerprint density at radius 3 is 1.85 bits per heavy atom. The predicted molar refractivity (Wildman–Crippen MR) is 87.6 cm³/mol. The normalized spacial score (nSPS) is 12.6. The molecular weight excluding hydrogens is 240 g/mol. The van der Waals surface area contributed by atoms with Gasteiger partial charge in [0.05, 0.1) is 0 Å². The van der Waals surface area contributed by atoms with E-state index in [0.29, 0.717) is 5.92 Å². The van der Waals surface area contributed by atoms with E-state index in [1.54, 1.807) is 5.92 Å². The van der Waals surface area contributed by atoms with Crippen molar-refractivity contribution >= 4 is 0 Å². The van der Waals surface area contributed by atoms with Crippen LogP contribution in [-0.2, 0) is 12.8 Å². The van der Waals surface area contributed by atoms with Crippen molar-refractivity contribution in [3.05, 3.63) is 77.7 Å². The molecule has 0 bridgehead atoms. The van der Waals surface area contributed by atoms with E-state index in [0.717, 1.165) is 0 Å². The zero-order valence-corrected chi connectivity index (χ0v) is 12.7. The smallest absolute Gasteiger partial charge is 0.0240 e. The summed E-state index contributed by atoms with van der Waals surface area (Å²) in [7, 11) is 0. The minimum atomic E-state index is 0.707. The van der Waals surface area contributed by atoms with E-state index in [4.69, 9.17) is 0 Å². The van der Waals surface area contributed by atoms with E-state index in [1.807, 2.05) is 0 Å². The van der Waals surface area contributed by atoms with Gasteiger partial charge in [-0.2, -0.15) is 0 Å². The number of aryl methyl sites for hydroxylation is 2. The predicted octanol–water partition coefficient (Wildman–Crippen LogP) is 5.48. The summed E-state index contributed by atoms with van der Waals surface area (Å²) in [6.07, 6.45) is 4.82. The molecule has 1 atom stereocenters. The third-order valence-electron chi connectivity index (χ3n) is 4.20. The van der Waals surface area contributed by atoms with E-state index >= 15 is 0 Å². The van der Waals surface area contributed by atoms with Crippen molar-refractivity contribution in [3.8, 4) is 0 Å². The van der Waals surface area contributed by atoms with Gasteiger partial charge in [0.2, 0.25) is 0 Å². The monoisotopic (exact) mass is 265 g/mol. The number of hydrogen-bond donors (Lipinski definition) is 0. The topological polar surface area (TPSA) is 0 Å². The molecule has 2 rings (SSSR count). The van der Waals surface area contributed by atoms with Gasteiger partial charge in [-0.05, 0) is 48.6 Å². The van der Waals surface area contributed by atoms with Gasteiger partial charge in [0.25, 0.3) is 0 Å². The fraction of sp³-hybridized carbons (Fsp3) is 0.350. The minimum absolute atomic E-state index is 0.707. The molecular formula is C20H25. The zero-order valence-electron chi connectivity index (χ0n) is 12.7. The molecule has 0 fully saturated rings. The van der Waals surface area contributed by atoms with Gasteiger partial charge in [0.15, 0.2) is 0 Å². The highest BCUT2D eigenvalue weighted by atomic mass is 14.2. The Kier molecular flexibility index (Phi) is 5.86. The molecule has 0 aliphatic rings. The Morgan fingerprint density at radius 1 is 0.800 bits per heavy atom. The highest BCUT2D eigenvalue weighted by Crippen LogP contribution is 2.24. The van der Waals surface area contributed by atoms with Crippen molar-refractivity contribution in [1.82, 2.24) is 0 Å². The van der Waals surface area contributed by atoms with Gasteiger partial charge in [-0.25, -0.2) is 0 Å². The Morgan fingerprint density at radius 2 is 1.30 bits per heavy atom. The summed E-state index contributed by atoms with van der Waals surface area (Å²) in [6, 6.07) is 21.6. The van der Waals surface area contributed by atoms with Crippen LogP contribution in [0.3, 0.4) is 0 Å². The lowest BCUT2D eigenvalue weighted by Gasteiger charge is -2.19. The molecule has 0 amide bonds. The van der Waals surface area contributed by atoms with Gasteiger partial charge in [0.1, 0.15) is 0 Å². The van der Waals surface area contributed by atoms with E-state index in [2.05, 4.69) is 74.5 Å². The first-order valence-electron chi connectivity index (χ1n) is 7.66. The van der Waals surface area contributed by atoms with Gasteiger partial charge in [0, 0.05) is 0 Å². The molecule has 0 heterocycles. The maximum absolute atomic E-state index is 2.36. The standard InChI is InChI=1S/C20H25/c1-17(13-15-19-9-5-3-6-10-19)18(2)14-16-20-11-7-4-8-12-20/h3-12,17H,13-16H2,1-2H3. The largest absolute Gasteiger partial charge is 0.0622 e. The van der Waals surface area contributed by atoms with Crippen LogP contribution in [0.25, 0.3) is 0 Å². The summed E-state index contributed by atoms with van der Waals surface area (Å²) >= 11 is 0. The zero-order chi connectivity index (χ0) is 14.2. The molecule has 0 aromatic heterocycles. The summed E-state index contributed by atoms with van der Waals surface area (Å²) in [4.78, 5) is 0. The van der Waals surface area contributed by atoms with Gasteiger partial charge in [-0.3, -0.25) is 0 Å². The Bertz CT molecular complexity index is 424. The van der Waals surface area contributed by atoms with Crippen molar-refractivity contribution in [2.24, 2.45) is 5.92 Å². The van der Waals surface area contributed by atoms with Gasteiger partial charge >= 0.3 is 0 Å². The third-order valence-corrected chi connectivity index (χ3v) is 4.20. The fourth-order valence-electron chi connectivity index (χ4n) is 2.51. The number of rotatable bonds is 7. The lowest BCUT2D eigenvalue weighted by molar-refractivity contribution is 0.516. The fourth-order valence-corrected chi connectivity index (χ4v) is 2.51. The maximum atomic E-state index is 2.36. The Hall–Kier alpha value is -1.56. The number of hydrogen-bond acceptors (Lipinski definition) is 0. The average Bonchev–Trinajstić information content (AvgIpc) is 2.52. The van der Waals surface area contributed by atoms with Crippen LogP contribution in [-0.4, -0.2) is 0 Å². The first kappa shape index (κ1) is 14.8. The van der Waals surface area contributed by atoms with Crippen LogP contribution < -0.4 is 0 Å². The van der Waals surface area contributed by atoms with Gasteiger partial charge < -0.3 is 0 Å². The van der Waals surface area contributed by atoms with Gasteiger partial charge in [-0.1, -0.05) is 74.5 Å². The summed E-state index contributed by atoms with van der Waals surface area (Å²) in [5.74, 6) is 2.34. The lowest BCUT2D eigenvalue weighted by Crippen LogP contribution is -2.08. The molecule has 2 aromatic carbocycles. The molecule has 0 heteroatoms. The molecule has 0 aliphatic heterocycles. The molecule has 0 nitrogen and oxygen atoms in total. The van der Waals surface area contributed by atoms with E-state index in [1.165, 1.54) is 36.8 Å². The molecule has 20 heavy (non-hydrogen) atoms. The van der Waals surface area contributed by atoms with Crippen LogP contribution in [0, 0.1) is 11.8 Å². The second kappa shape index (κ2) is 7.89. The van der Waals surface area contributed by atoms with Crippen LogP contribution in [0.4, 0.5) is 0 Å². The summed E-state index contributed by atoms with van der Waals surface area (Å²) in [6.45, 7) is 4.68. The molecule has 2 aromatic rings. The highest BCUT2D eigenvalue weighted by molar-refractivity contribution is 5.16. The van der Waals surface area contributed by atoms with Crippen molar-refractivity contribution in [3.63, 3.8) is 0 Å². The highest BCUT2D eigenvalue weighted by Gasteiger charge is 2.12. The van der Waals surface area contributed by atoms with Crippen molar-refractivity contribution in [2.75, 3.05) is 0 Å². The summed E-state index contributed by atoms with van der Waals surface area (Å²) in [5, 5.41) is 0. The molecule has 1 radical (unpaired) electrons. The Balaban J connectivity index is 1.73. The molecule has 0 saturated heterocycles. The molecule has 1 unspecified atom stereocenters. The maximum Gasteiger partial charge on any atom is -0.0240 e. The Labute approximate surface area is 123 Å². The lowest BCUT2D eigenvalue weighted by atomic mass is 9.86. The SMILES string of the molecule is C[C](CCc1ccccc1)C(C)CCc1ccccc1. The van der Waals surface area contributed by atoms with Crippen LogP contribution >= 0.6 is 0 Å². The quantitative estimate of drug-likeness (QED) is 0.621. The summed E-state index contributed by atoms with van der Waals surface area (Å²) in [5.41, 5.74) is 2.90. The summed E-state index contributed by atoms with van der Waals surface area (Å²) < 4.78 is 0. The van der Waals surface area contributed by atoms with Crippen LogP contribution in [0.15, 0.2) is 60.7 Å².